The molecule has 0 spiro atoms. The molecule has 8 nitrogen and oxygen atoms in total. The molecule has 3 N–H and O–H groups in total. The molecule has 3 aromatic rings. The second kappa shape index (κ2) is 8.55. The number of hydrogen-bond acceptors (Lipinski definition) is 6. The molecule has 1 aliphatic heterocycles. The molecule has 0 aromatic carbocycles. The lowest BCUT2D eigenvalue weighted by molar-refractivity contribution is -0.127. The van der Waals surface area contributed by atoms with Crippen molar-refractivity contribution in [2.24, 2.45) is 0 Å². The van der Waals surface area contributed by atoms with Crippen molar-refractivity contribution in [2.45, 2.75) is 51.7 Å². The Hall–Kier alpha value is -3.13. The Morgan fingerprint density at radius 1 is 1.39 bits per heavy atom. The fraction of sp³-hybridized carbons (Fsp3) is 0.435. The minimum absolute atomic E-state index is 0.00381. The third-order valence-corrected chi connectivity index (χ3v) is 5.76. The normalized spacial score (nSPS) is 19.6. The SMILES string of the molecule is Cc1cc(=O)[nH]c2c(N[C@@H]3CCCN(C)[C@H]3C(=O)NC(C)C)ncc(-c3ccco3)c12. The highest BCUT2D eigenvalue weighted by Crippen LogP contribution is 2.33. The van der Waals surface area contributed by atoms with Crippen molar-refractivity contribution < 1.29 is 9.21 Å². The van der Waals surface area contributed by atoms with E-state index in [-0.39, 0.29) is 29.6 Å². The Labute approximate surface area is 181 Å². The zero-order chi connectivity index (χ0) is 22.1. The standard InChI is InChI=1S/C23H29N5O3/c1-13(2)25-23(30)21-16(7-5-9-28(21)4)26-22-20-19(14(3)11-18(29)27-20)15(12-24-22)17-8-6-10-31-17/h6,8,10-13,16,21H,5,7,9H2,1-4H3,(H,24,26)(H,25,30)(H,27,29)/t16-,21-/m1/s1. The zero-order valence-electron chi connectivity index (χ0n) is 18.4. The third kappa shape index (κ3) is 4.20. The topological polar surface area (TPSA) is 103 Å². The summed E-state index contributed by atoms with van der Waals surface area (Å²) in [6, 6.07) is 4.88. The maximum atomic E-state index is 12.9. The number of carbonyl (C=O) groups is 1. The number of hydrogen-bond donors (Lipinski definition) is 3. The van der Waals surface area contributed by atoms with Crippen LogP contribution in [0.4, 0.5) is 5.82 Å². The van der Waals surface area contributed by atoms with Crippen molar-refractivity contribution in [3.63, 3.8) is 0 Å². The van der Waals surface area contributed by atoms with Gasteiger partial charge in [0.2, 0.25) is 11.5 Å². The van der Waals surface area contributed by atoms with Gasteiger partial charge in [-0.25, -0.2) is 4.98 Å². The van der Waals surface area contributed by atoms with Gasteiger partial charge < -0.3 is 20.0 Å². The second-order valence-electron chi connectivity index (χ2n) is 8.55. The molecule has 0 bridgehead atoms. The van der Waals surface area contributed by atoms with Crippen LogP contribution < -0.4 is 16.2 Å². The number of pyridine rings is 2. The van der Waals surface area contributed by atoms with Crippen LogP contribution in [0.25, 0.3) is 22.2 Å². The first kappa shape index (κ1) is 21.1. The fourth-order valence-electron chi connectivity index (χ4n) is 4.44. The summed E-state index contributed by atoms with van der Waals surface area (Å²) in [6.45, 7) is 6.68. The molecule has 4 rings (SSSR count). The maximum absolute atomic E-state index is 12.9. The Morgan fingerprint density at radius 3 is 2.90 bits per heavy atom. The lowest BCUT2D eigenvalue weighted by atomic mass is 9.95. The minimum atomic E-state index is -0.325. The van der Waals surface area contributed by atoms with Crippen molar-refractivity contribution in [2.75, 3.05) is 18.9 Å². The average molecular weight is 424 g/mol. The van der Waals surface area contributed by atoms with E-state index >= 15 is 0 Å². The summed E-state index contributed by atoms with van der Waals surface area (Å²) < 4.78 is 5.59. The van der Waals surface area contributed by atoms with Crippen molar-refractivity contribution in [3.05, 3.63) is 46.6 Å². The monoisotopic (exact) mass is 423 g/mol. The number of anilines is 1. The van der Waals surface area contributed by atoms with Crippen LogP contribution in [0, 0.1) is 6.92 Å². The van der Waals surface area contributed by atoms with Gasteiger partial charge in [0.05, 0.1) is 17.8 Å². The van der Waals surface area contributed by atoms with E-state index in [0.29, 0.717) is 17.1 Å². The first-order valence-corrected chi connectivity index (χ1v) is 10.7. The number of aryl methyl sites for hydroxylation is 1. The summed E-state index contributed by atoms with van der Waals surface area (Å²) in [7, 11) is 1.97. The molecule has 0 radical (unpaired) electrons. The van der Waals surface area contributed by atoms with Crippen LogP contribution in [0.5, 0.6) is 0 Å². The molecule has 0 unspecified atom stereocenters. The van der Waals surface area contributed by atoms with Crippen LogP contribution >= 0.6 is 0 Å². The van der Waals surface area contributed by atoms with Gasteiger partial charge in [0, 0.05) is 29.3 Å². The summed E-state index contributed by atoms with van der Waals surface area (Å²) in [4.78, 5) is 34.8. The maximum Gasteiger partial charge on any atom is 0.248 e. The van der Waals surface area contributed by atoms with Crippen LogP contribution in [0.2, 0.25) is 0 Å². The number of likely N-dealkylation sites (N-methyl/N-ethyl adjacent to an activating group) is 1. The predicted octanol–water partition coefficient (Wildman–Crippen LogP) is 2.89. The van der Waals surface area contributed by atoms with E-state index in [2.05, 4.69) is 25.5 Å². The Balaban J connectivity index is 1.77. The molecule has 0 saturated carbocycles. The summed E-state index contributed by atoms with van der Waals surface area (Å²) in [5.74, 6) is 1.25. The molecule has 31 heavy (non-hydrogen) atoms. The molecular formula is C23H29N5O3. The minimum Gasteiger partial charge on any atom is -0.464 e. The highest BCUT2D eigenvalue weighted by molar-refractivity contribution is 6.00. The van der Waals surface area contributed by atoms with E-state index in [1.54, 1.807) is 18.5 Å². The predicted molar refractivity (Wildman–Crippen MR) is 121 cm³/mol. The number of furan rings is 1. The first-order chi connectivity index (χ1) is 14.8. The van der Waals surface area contributed by atoms with Crippen molar-refractivity contribution in [3.8, 4) is 11.3 Å². The van der Waals surface area contributed by atoms with Crippen LogP contribution in [-0.2, 0) is 4.79 Å². The Kier molecular flexibility index (Phi) is 5.82. The lowest BCUT2D eigenvalue weighted by Gasteiger charge is -2.39. The molecule has 1 aliphatic rings. The fourth-order valence-corrected chi connectivity index (χ4v) is 4.44. The van der Waals surface area contributed by atoms with Crippen molar-refractivity contribution in [1.82, 2.24) is 20.2 Å². The largest absolute Gasteiger partial charge is 0.464 e. The summed E-state index contributed by atoms with van der Waals surface area (Å²) in [5.41, 5.74) is 2.08. The van der Waals surface area contributed by atoms with E-state index in [4.69, 9.17) is 4.42 Å². The molecule has 0 aliphatic carbocycles. The van der Waals surface area contributed by atoms with Gasteiger partial charge in [0.15, 0.2) is 5.82 Å². The number of nitrogens with zero attached hydrogens (tertiary/aromatic N) is 2. The van der Waals surface area contributed by atoms with Gasteiger partial charge in [-0.05, 0) is 64.9 Å². The molecule has 8 heteroatoms. The molecule has 1 fully saturated rings. The average Bonchev–Trinajstić information content (AvgIpc) is 3.22. The van der Waals surface area contributed by atoms with E-state index in [1.807, 2.05) is 40.0 Å². The number of aromatic amines is 1. The van der Waals surface area contributed by atoms with E-state index in [9.17, 15) is 9.59 Å². The zero-order valence-corrected chi connectivity index (χ0v) is 18.4. The van der Waals surface area contributed by atoms with Gasteiger partial charge in [0.25, 0.3) is 0 Å². The number of H-pyrrole nitrogens is 1. The van der Waals surface area contributed by atoms with Gasteiger partial charge in [-0.3, -0.25) is 14.5 Å². The number of rotatable bonds is 5. The summed E-state index contributed by atoms with van der Waals surface area (Å²) in [6.07, 6.45) is 5.17. The van der Waals surface area contributed by atoms with Gasteiger partial charge in [-0.2, -0.15) is 0 Å². The lowest BCUT2D eigenvalue weighted by Crippen LogP contribution is -2.58. The second-order valence-corrected chi connectivity index (χ2v) is 8.55. The van der Waals surface area contributed by atoms with Gasteiger partial charge in [-0.15, -0.1) is 0 Å². The number of aromatic nitrogens is 2. The van der Waals surface area contributed by atoms with E-state index < -0.39 is 0 Å². The van der Waals surface area contributed by atoms with Crippen LogP contribution in [-0.4, -0.2) is 52.5 Å². The van der Waals surface area contributed by atoms with Gasteiger partial charge in [0.1, 0.15) is 11.8 Å². The first-order valence-electron chi connectivity index (χ1n) is 10.7. The van der Waals surface area contributed by atoms with Gasteiger partial charge >= 0.3 is 0 Å². The smallest absolute Gasteiger partial charge is 0.248 e. The summed E-state index contributed by atoms with van der Waals surface area (Å²) in [5, 5.41) is 7.38. The Bertz CT molecular complexity index is 1140. The number of nitrogens with one attached hydrogen (secondary N) is 3. The molecule has 1 amide bonds. The molecule has 3 aromatic heterocycles. The van der Waals surface area contributed by atoms with Crippen molar-refractivity contribution in [1.29, 1.82) is 0 Å². The van der Waals surface area contributed by atoms with Crippen LogP contribution in [0.15, 0.2) is 39.9 Å². The van der Waals surface area contributed by atoms with E-state index in [1.165, 1.54) is 0 Å². The number of piperidine rings is 1. The highest BCUT2D eigenvalue weighted by Gasteiger charge is 2.35. The molecule has 164 valence electrons. The highest BCUT2D eigenvalue weighted by atomic mass is 16.3. The van der Waals surface area contributed by atoms with Crippen molar-refractivity contribution >= 4 is 22.6 Å². The number of carbonyl (C=O) groups excluding carboxylic acids is 1. The molecule has 2 atom stereocenters. The quantitative estimate of drug-likeness (QED) is 0.583. The van der Waals surface area contributed by atoms with E-state index in [0.717, 1.165) is 35.9 Å². The molecular weight excluding hydrogens is 394 g/mol. The Morgan fingerprint density at radius 2 is 2.19 bits per heavy atom. The third-order valence-electron chi connectivity index (χ3n) is 5.76. The van der Waals surface area contributed by atoms with Crippen LogP contribution in [0.3, 0.4) is 0 Å². The van der Waals surface area contributed by atoms with Gasteiger partial charge in [-0.1, -0.05) is 0 Å². The number of fused-ring (bicyclic) bond motifs is 1. The number of amides is 1. The molecule has 1 saturated heterocycles. The van der Waals surface area contributed by atoms with Crippen LogP contribution in [0.1, 0.15) is 32.3 Å². The number of likely N-dealkylation sites (tertiary alicyclic amines) is 1. The molecule has 4 heterocycles. The summed E-state index contributed by atoms with van der Waals surface area (Å²) >= 11 is 0.